The van der Waals surface area contributed by atoms with Crippen LogP contribution in [-0.4, -0.2) is 37.7 Å². The second-order valence-corrected chi connectivity index (χ2v) is 7.28. The Morgan fingerprint density at radius 3 is 2.58 bits per heavy atom. The average molecular weight is 426 g/mol. The molecule has 0 N–H and O–H groups in total. The summed E-state index contributed by atoms with van der Waals surface area (Å²) >= 11 is 0. The standard InChI is InChI=1S/C22H17F3N4O2/c23-22(24,25)31-18-5-3-15(4-6-18)16-7-9-29-19(13-26-20(29)12-16)21(30)28-11-10-27-8-1-2-17(27)14-28/h1-9,12-13H,10-11,14H2. The Balaban J connectivity index is 1.38. The van der Waals surface area contributed by atoms with Crippen molar-refractivity contribution >= 4 is 11.6 Å². The maximum absolute atomic E-state index is 13.1. The van der Waals surface area contributed by atoms with Crippen LogP contribution >= 0.6 is 0 Å². The molecule has 0 aliphatic carbocycles. The van der Waals surface area contributed by atoms with Crippen LogP contribution < -0.4 is 4.74 Å². The highest BCUT2D eigenvalue weighted by Gasteiger charge is 2.31. The Morgan fingerprint density at radius 2 is 1.81 bits per heavy atom. The smallest absolute Gasteiger partial charge is 0.406 e. The zero-order chi connectivity index (χ0) is 21.6. The molecule has 0 unspecified atom stereocenters. The van der Waals surface area contributed by atoms with E-state index in [4.69, 9.17) is 0 Å². The van der Waals surface area contributed by atoms with E-state index in [2.05, 4.69) is 14.3 Å². The number of carbonyl (C=O) groups excluding carboxylic acids is 1. The van der Waals surface area contributed by atoms with E-state index >= 15 is 0 Å². The summed E-state index contributed by atoms with van der Waals surface area (Å²) < 4.78 is 44.8. The number of carbonyl (C=O) groups is 1. The summed E-state index contributed by atoms with van der Waals surface area (Å²) in [5.74, 6) is -0.375. The van der Waals surface area contributed by atoms with Gasteiger partial charge in [-0.25, -0.2) is 4.98 Å². The van der Waals surface area contributed by atoms with Gasteiger partial charge in [0.2, 0.25) is 0 Å². The van der Waals surface area contributed by atoms with Crippen LogP contribution in [0, 0.1) is 0 Å². The van der Waals surface area contributed by atoms with E-state index in [0.29, 0.717) is 30.0 Å². The van der Waals surface area contributed by atoms with Crippen LogP contribution in [0.3, 0.4) is 0 Å². The lowest BCUT2D eigenvalue weighted by atomic mass is 10.1. The van der Waals surface area contributed by atoms with E-state index in [1.54, 1.807) is 46.0 Å². The number of nitrogens with zero attached hydrogens (tertiary/aromatic N) is 4. The molecule has 4 heterocycles. The third-order valence-corrected chi connectivity index (χ3v) is 5.33. The predicted molar refractivity (Wildman–Crippen MR) is 106 cm³/mol. The van der Waals surface area contributed by atoms with Gasteiger partial charge in [-0.05, 0) is 47.5 Å². The van der Waals surface area contributed by atoms with Gasteiger partial charge in [0.1, 0.15) is 17.1 Å². The Kier molecular flexibility index (Phi) is 4.46. The largest absolute Gasteiger partial charge is 0.573 e. The van der Waals surface area contributed by atoms with Crippen molar-refractivity contribution in [3.05, 3.63) is 78.5 Å². The summed E-state index contributed by atoms with van der Waals surface area (Å²) in [6.07, 6.45) is 0.582. The van der Waals surface area contributed by atoms with Gasteiger partial charge in [0.15, 0.2) is 0 Å². The van der Waals surface area contributed by atoms with Crippen LogP contribution in [0.5, 0.6) is 5.75 Å². The van der Waals surface area contributed by atoms with Crippen molar-refractivity contribution in [1.29, 1.82) is 0 Å². The number of fused-ring (bicyclic) bond motifs is 2. The molecule has 4 aromatic rings. The highest BCUT2D eigenvalue weighted by atomic mass is 19.4. The van der Waals surface area contributed by atoms with Crippen molar-refractivity contribution in [2.45, 2.75) is 19.5 Å². The maximum atomic E-state index is 13.1. The van der Waals surface area contributed by atoms with Crippen molar-refractivity contribution < 1.29 is 22.7 Å². The van der Waals surface area contributed by atoms with Crippen LogP contribution in [-0.2, 0) is 13.1 Å². The van der Waals surface area contributed by atoms with E-state index in [9.17, 15) is 18.0 Å². The van der Waals surface area contributed by atoms with E-state index < -0.39 is 6.36 Å². The SMILES string of the molecule is O=C(c1cnc2cc(-c3ccc(OC(F)(F)F)cc3)ccn12)N1CCn2cccc2C1. The molecule has 158 valence electrons. The first-order valence-electron chi connectivity index (χ1n) is 9.64. The lowest BCUT2D eigenvalue weighted by Gasteiger charge is -2.28. The van der Waals surface area contributed by atoms with Gasteiger partial charge in [-0.1, -0.05) is 12.1 Å². The first kappa shape index (κ1) is 19.2. The number of rotatable bonds is 3. The number of ether oxygens (including phenoxy) is 1. The van der Waals surface area contributed by atoms with E-state index in [0.717, 1.165) is 17.8 Å². The fourth-order valence-electron chi connectivity index (χ4n) is 3.82. The first-order chi connectivity index (χ1) is 14.9. The molecule has 0 saturated heterocycles. The molecule has 1 aliphatic heterocycles. The summed E-state index contributed by atoms with van der Waals surface area (Å²) in [4.78, 5) is 19.2. The minimum atomic E-state index is -4.73. The minimum Gasteiger partial charge on any atom is -0.406 e. The molecule has 0 bridgehead atoms. The zero-order valence-electron chi connectivity index (χ0n) is 16.2. The molecular weight excluding hydrogens is 409 g/mol. The van der Waals surface area contributed by atoms with Crippen LogP contribution in [0.2, 0.25) is 0 Å². The average Bonchev–Trinajstić information content (AvgIpc) is 3.38. The van der Waals surface area contributed by atoms with Crippen molar-refractivity contribution in [2.24, 2.45) is 0 Å². The Hall–Kier alpha value is -3.75. The second-order valence-electron chi connectivity index (χ2n) is 7.28. The second kappa shape index (κ2) is 7.19. The monoisotopic (exact) mass is 426 g/mol. The van der Waals surface area contributed by atoms with Crippen molar-refractivity contribution in [2.75, 3.05) is 6.54 Å². The Bertz CT molecular complexity index is 1260. The number of imidazole rings is 1. The van der Waals surface area contributed by atoms with Gasteiger partial charge in [-0.2, -0.15) is 0 Å². The van der Waals surface area contributed by atoms with Crippen LogP contribution in [0.25, 0.3) is 16.8 Å². The quantitative estimate of drug-likeness (QED) is 0.489. The van der Waals surface area contributed by atoms with E-state index in [1.807, 2.05) is 18.3 Å². The normalized spacial score (nSPS) is 14.0. The van der Waals surface area contributed by atoms with Crippen molar-refractivity contribution in [3.63, 3.8) is 0 Å². The van der Waals surface area contributed by atoms with E-state index in [1.165, 1.54) is 12.1 Å². The summed E-state index contributed by atoms with van der Waals surface area (Å²) in [5.41, 5.74) is 3.62. The predicted octanol–water partition coefficient (Wildman–Crippen LogP) is 4.36. The summed E-state index contributed by atoms with van der Waals surface area (Å²) in [5, 5.41) is 0. The molecule has 9 heteroatoms. The van der Waals surface area contributed by atoms with Crippen molar-refractivity contribution in [3.8, 4) is 16.9 Å². The van der Waals surface area contributed by atoms with Gasteiger partial charge in [-0.15, -0.1) is 13.2 Å². The first-order valence-corrected chi connectivity index (χ1v) is 9.64. The van der Waals surface area contributed by atoms with Gasteiger partial charge in [-0.3, -0.25) is 9.20 Å². The maximum Gasteiger partial charge on any atom is 0.573 e. The summed E-state index contributed by atoms with van der Waals surface area (Å²) in [7, 11) is 0. The van der Waals surface area contributed by atoms with Gasteiger partial charge in [0.25, 0.3) is 5.91 Å². The van der Waals surface area contributed by atoms with E-state index in [-0.39, 0.29) is 11.7 Å². The third-order valence-electron chi connectivity index (χ3n) is 5.33. The molecular formula is C22H17F3N4O2. The summed E-state index contributed by atoms with van der Waals surface area (Å²) in [6.45, 7) is 1.92. The Labute approximate surface area is 175 Å². The van der Waals surface area contributed by atoms with Gasteiger partial charge in [0.05, 0.1) is 12.7 Å². The fraction of sp³-hybridized carbons (Fsp3) is 0.182. The van der Waals surface area contributed by atoms with Gasteiger partial charge >= 0.3 is 6.36 Å². The molecule has 31 heavy (non-hydrogen) atoms. The molecule has 1 amide bonds. The molecule has 1 aromatic carbocycles. The van der Waals surface area contributed by atoms with Crippen molar-refractivity contribution in [1.82, 2.24) is 18.9 Å². The molecule has 0 saturated carbocycles. The molecule has 0 atom stereocenters. The molecule has 0 fully saturated rings. The number of alkyl halides is 3. The topological polar surface area (TPSA) is 51.8 Å². The number of benzene rings is 1. The van der Waals surface area contributed by atoms with Crippen LogP contribution in [0.4, 0.5) is 13.2 Å². The highest BCUT2D eigenvalue weighted by Crippen LogP contribution is 2.27. The van der Waals surface area contributed by atoms with Crippen LogP contribution in [0.1, 0.15) is 16.2 Å². The molecule has 5 rings (SSSR count). The number of hydrogen-bond acceptors (Lipinski definition) is 3. The highest BCUT2D eigenvalue weighted by molar-refractivity contribution is 5.93. The lowest BCUT2D eigenvalue weighted by molar-refractivity contribution is -0.274. The fourth-order valence-corrected chi connectivity index (χ4v) is 3.82. The Morgan fingerprint density at radius 1 is 1.00 bits per heavy atom. The number of hydrogen-bond donors (Lipinski definition) is 0. The molecule has 1 aliphatic rings. The molecule has 3 aromatic heterocycles. The van der Waals surface area contributed by atoms with Gasteiger partial charge < -0.3 is 14.2 Å². The zero-order valence-corrected chi connectivity index (χ0v) is 16.2. The third kappa shape index (κ3) is 3.74. The summed E-state index contributed by atoms with van der Waals surface area (Å²) in [6, 6.07) is 13.2. The number of pyridine rings is 1. The molecule has 0 radical (unpaired) electrons. The number of amides is 1. The van der Waals surface area contributed by atoms with Gasteiger partial charge in [0, 0.05) is 31.2 Å². The lowest BCUT2D eigenvalue weighted by Crippen LogP contribution is -2.38. The van der Waals surface area contributed by atoms with Crippen LogP contribution in [0.15, 0.2) is 67.1 Å². The molecule has 6 nitrogen and oxygen atoms in total. The number of halogens is 3. The molecule has 0 spiro atoms. The number of aromatic nitrogens is 3. The minimum absolute atomic E-state index is 0.0960.